The van der Waals surface area contributed by atoms with E-state index < -0.39 is 9.84 Å². The molecule has 9 heteroatoms. The molecule has 4 rings (SSSR count). The average molecular weight is 553 g/mol. The third-order valence-electron chi connectivity index (χ3n) is 5.68. The Bertz CT molecular complexity index is 1570. The maximum absolute atomic E-state index is 13.4. The quantitative estimate of drug-likeness (QED) is 0.260. The Balaban J connectivity index is 1.62. The number of carbonyl (C=O) groups is 2. The van der Waals surface area contributed by atoms with Gasteiger partial charge in [-0.1, -0.05) is 60.5 Å². The molecule has 6 nitrogen and oxygen atoms in total. The minimum absolute atomic E-state index is 0.000233. The van der Waals surface area contributed by atoms with Crippen LogP contribution in [0.25, 0.3) is 11.1 Å². The van der Waals surface area contributed by atoms with Gasteiger partial charge in [-0.2, -0.15) is 0 Å². The third kappa shape index (κ3) is 6.25. The number of carbonyl (C=O) groups excluding carboxylic acids is 2. The highest BCUT2D eigenvalue weighted by atomic mass is 35.5. The van der Waals surface area contributed by atoms with Crippen LogP contribution < -0.4 is 5.32 Å². The number of anilines is 1. The second-order valence-corrected chi connectivity index (χ2v) is 11.3. The number of aromatic nitrogens is 1. The van der Waals surface area contributed by atoms with Crippen molar-refractivity contribution in [2.75, 3.05) is 11.1 Å². The van der Waals surface area contributed by atoms with Crippen molar-refractivity contribution in [1.82, 2.24) is 4.98 Å². The van der Waals surface area contributed by atoms with Gasteiger partial charge in [0.2, 0.25) is 11.7 Å². The molecule has 4 aromatic rings. The zero-order valence-corrected chi connectivity index (χ0v) is 22.1. The van der Waals surface area contributed by atoms with Crippen molar-refractivity contribution in [3.05, 3.63) is 112 Å². The van der Waals surface area contributed by atoms with Crippen LogP contribution in [0.1, 0.15) is 28.5 Å². The van der Waals surface area contributed by atoms with Gasteiger partial charge in [0.05, 0.1) is 17.1 Å². The van der Waals surface area contributed by atoms with Crippen molar-refractivity contribution in [3.63, 3.8) is 0 Å². The Hall–Kier alpha value is -3.52. The second kappa shape index (κ2) is 11.3. The molecular formula is C28H22Cl2N2O4S. The SMILES string of the molecule is CCS(=O)(=O)c1ccc(CC(=O)Nc2ccc(-c3ccccc3Cl)c(C(=O)c3ccc(Cl)cc3)n2)cc1. The molecule has 1 amide bonds. The summed E-state index contributed by atoms with van der Waals surface area (Å²) >= 11 is 12.4. The van der Waals surface area contributed by atoms with Gasteiger partial charge in [0, 0.05) is 26.7 Å². The zero-order valence-electron chi connectivity index (χ0n) is 19.7. The molecule has 1 heterocycles. The van der Waals surface area contributed by atoms with Crippen LogP contribution in [-0.2, 0) is 21.1 Å². The zero-order chi connectivity index (χ0) is 26.6. The molecule has 1 aromatic heterocycles. The predicted molar refractivity (Wildman–Crippen MR) is 146 cm³/mol. The molecule has 1 N–H and O–H groups in total. The van der Waals surface area contributed by atoms with E-state index in [0.29, 0.717) is 32.3 Å². The number of benzene rings is 3. The van der Waals surface area contributed by atoms with E-state index in [2.05, 4.69) is 10.3 Å². The van der Waals surface area contributed by atoms with E-state index in [1.165, 1.54) is 12.1 Å². The summed E-state index contributed by atoms with van der Waals surface area (Å²) in [5, 5.41) is 3.68. The summed E-state index contributed by atoms with van der Waals surface area (Å²) in [6.45, 7) is 1.58. The number of hydrogen-bond donors (Lipinski definition) is 1. The fourth-order valence-corrected chi connectivity index (χ4v) is 4.94. The molecule has 0 aliphatic rings. The first-order valence-corrected chi connectivity index (χ1v) is 13.8. The van der Waals surface area contributed by atoms with Crippen LogP contribution in [0.5, 0.6) is 0 Å². The molecule has 0 saturated heterocycles. The summed E-state index contributed by atoms with van der Waals surface area (Å²) in [5.41, 5.74) is 2.31. The van der Waals surface area contributed by atoms with Crippen molar-refractivity contribution in [3.8, 4) is 11.1 Å². The molecule has 0 aliphatic heterocycles. The molecule has 37 heavy (non-hydrogen) atoms. The highest BCUT2D eigenvalue weighted by molar-refractivity contribution is 7.91. The van der Waals surface area contributed by atoms with Gasteiger partial charge in [-0.25, -0.2) is 13.4 Å². The maximum Gasteiger partial charge on any atom is 0.229 e. The summed E-state index contributed by atoms with van der Waals surface area (Å²) in [7, 11) is -3.32. The van der Waals surface area contributed by atoms with Crippen LogP contribution >= 0.6 is 23.2 Å². The van der Waals surface area contributed by atoms with Gasteiger partial charge in [-0.15, -0.1) is 0 Å². The van der Waals surface area contributed by atoms with E-state index in [1.54, 1.807) is 73.7 Å². The molecule has 0 spiro atoms. The molecule has 0 atom stereocenters. The van der Waals surface area contributed by atoms with Crippen molar-refractivity contribution < 1.29 is 18.0 Å². The van der Waals surface area contributed by atoms with E-state index >= 15 is 0 Å². The number of halogens is 2. The fraction of sp³-hybridized carbons (Fsp3) is 0.107. The van der Waals surface area contributed by atoms with Crippen LogP contribution in [0, 0.1) is 0 Å². The number of hydrogen-bond acceptors (Lipinski definition) is 5. The summed E-state index contributed by atoms with van der Waals surface area (Å²) in [4.78, 5) is 30.8. The van der Waals surface area contributed by atoms with Gasteiger partial charge in [-0.3, -0.25) is 9.59 Å². The Kier molecular flexibility index (Phi) is 8.07. The normalized spacial score (nSPS) is 11.2. The van der Waals surface area contributed by atoms with E-state index in [-0.39, 0.29) is 40.3 Å². The molecule has 3 aromatic carbocycles. The van der Waals surface area contributed by atoms with Gasteiger partial charge in [0.15, 0.2) is 9.84 Å². The summed E-state index contributed by atoms with van der Waals surface area (Å²) in [5.74, 6) is -0.521. The monoisotopic (exact) mass is 552 g/mol. The second-order valence-electron chi connectivity index (χ2n) is 8.18. The molecule has 0 bridgehead atoms. The molecule has 0 unspecified atom stereocenters. The smallest absolute Gasteiger partial charge is 0.229 e. The molecule has 0 saturated carbocycles. The first kappa shape index (κ1) is 26.5. The first-order chi connectivity index (χ1) is 17.7. The largest absolute Gasteiger partial charge is 0.310 e. The van der Waals surface area contributed by atoms with Gasteiger partial charge >= 0.3 is 0 Å². The van der Waals surface area contributed by atoms with Gasteiger partial charge < -0.3 is 5.32 Å². The van der Waals surface area contributed by atoms with E-state index in [1.807, 2.05) is 6.07 Å². The van der Waals surface area contributed by atoms with Gasteiger partial charge in [-0.05, 0) is 60.2 Å². The number of amides is 1. The standard InChI is InChI=1S/C28H22Cl2N2O4S/c1-2-37(35,36)21-13-7-18(8-14-21)17-26(33)31-25-16-15-23(22-5-3-4-6-24(22)30)27(32-25)28(34)19-9-11-20(29)12-10-19/h3-16H,2,17H2,1H3,(H,31,32,33). The van der Waals surface area contributed by atoms with Crippen molar-refractivity contribution in [2.45, 2.75) is 18.2 Å². The fourth-order valence-electron chi connectivity index (χ4n) is 3.69. The molecule has 188 valence electrons. The number of sulfone groups is 1. The van der Waals surface area contributed by atoms with Crippen molar-refractivity contribution >= 4 is 50.5 Å². The predicted octanol–water partition coefficient (Wildman–Crippen LogP) is 6.26. The Labute approximate surface area is 225 Å². The number of pyridine rings is 1. The minimum Gasteiger partial charge on any atom is -0.310 e. The number of ketones is 1. The van der Waals surface area contributed by atoms with Gasteiger partial charge in [0.25, 0.3) is 0 Å². The summed E-state index contributed by atoms with van der Waals surface area (Å²) in [6.07, 6.45) is 0.000855. The van der Waals surface area contributed by atoms with Crippen LogP contribution in [0.3, 0.4) is 0 Å². The Morgan fingerprint density at radius 2 is 1.51 bits per heavy atom. The lowest BCUT2D eigenvalue weighted by Gasteiger charge is -2.13. The highest BCUT2D eigenvalue weighted by Gasteiger charge is 2.20. The lowest BCUT2D eigenvalue weighted by molar-refractivity contribution is -0.115. The average Bonchev–Trinajstić information content (AvgIpc) is 2.89. The first-order valence-electron chi connectivity index (χ1n) is 11.4. The highest BCUT2D eigenvalue weighted by Crippen LogP contribution is 2.32. The van der Waals surface area contributed by atoms with Crippen LogP contribution in [0.15, 0.2) is 89.8 Å². The Morgan fingerprint density at radius 3 is 2.16 bits per heavy atom. The van der Waals surface area contributed by atoms with Crippen LogP contribution in [-0.4, -0.2) is 30.8 Å². The number of rotatable bonds is 8. The van der Waals surface area contributed by atoms with Crippen LogP contribution in [0.2, 0.25) is 10.0 Å². The van der Waals surface area contributed by atoms with Gasteiger partial charge in [0.1, 0.15) is 11.5 Å². The topological polar surface area (TPSA) is 93.2 Å². The van der Waals surface area contributed by atoms with E-state index in [4.69, 9.17) is 23.2 Å². The number of nitrogens with zero attached hydrogens (tertiary/aromatic N) is 1. The van der Waals surface area contributed by atoms with E-state index in [0.717, 1.165) is 0 Å². The molecule has 0 radical (unpaired) electrons. The van der Waals surface area contributed by atoms with Crippen LogP contribution in [0.4, 0.5) is 5.82 Å². The lowest BCUT2D eigenvalue weighted by atomic mass is 9.98. The summed E-state index contributed by atoms with van der Waals surface area (Å²) < 4.78 is 24.0. The third-order valence-corrected chi connectivity index (χ3v) is 8.01. The molecular weight excluding hydrogens is 531 g/mol. The maximum atomic E-state index is 13.4. The van der Waals surface area contributed by atoms with Crippen molar-refractivity contribution in [2.24, 2.45) is 0 Å². The Morgan fingerprint density at radius 1 is 0.838 bits per heavy atom. The minimum atomic E-state index is -3.32. The molecule has 0 aliphatic carbocycles. The van der Waals surface area contributed by atoms with Crippen molar-refractivity contribution in [1.29, 1.82) is 0 Å². The molecule has 0 fully saturated rings. The lowest BCUT2D eigenvalue weighted by Crippen LogP contribution is -2.17. The number of nitrogens with one attached hydrogen (secondary N) is 1. The summed E-state index contributed by atoms with van der Waals surface area (Å²) in [6, 6.07) is 23.0. The van der Waals surface area contributed by atoms with E-state index in [9.17, 15) is 18.0 Å².